The van der Waals surface area contributed by atoms with Crippen molar-refractivity contribution in [2.24, 2.45) is 12.8 Å². The number of hydrogen-bond donors (Lipinski definition) is 1. The van der Waals surface area contributed by atoms with Gasteiger partial charge in [-0.25, -0.2) is 0 Å². The van der Waals surface area contributed by atoms with Crippen LogP contribution in [0.25, 0.3) is 0 Å². The lowest BCUT2D eigenvalue weighted by Gasteiger charge is -2.21. The van der Waals surface area contributed by atoms with Crippen molar-refractivity contribution in [3.63, 3.8) is 0 Å². The highest BCUT2D eigenvalue weighted by Gasteiger charge is 2.15. The van der Waals surface area contributed by atoms with Crippen LogP contribution in [-0.4, -0.2) is 29.9 Å². The summed E-state index contributed by atoms with van der Waals surface area (Å²) in [6.45, 7) is 3.69. The Morgan fingerprint density at radius 1 is 1.20 bits per heavy atom. The van der Waals surface area contributed by atoms with Crippen LogP contribution in [0.4, 0.5) is 5.82 Å². The van der Waals surface area contributed by atoms with Gasteiger partial charge in [-0.2, -0.15) is 5.10 Å². The Balaban J connectivity index is 2.10. The molecule has 0 spiro atoms. The fourth-order valence-corrected chi connectivity index (χ4v) is 2.65. The van der Waals surface area contributed by atoms with E-state index in [1.807, 2.05) is 11.7 Å². The van der Waals surface area contributed by atoms with Gasteiger partial charge in [0.2, 0.25) is 0 Å². The Morgan fingerprint density at radius 2 is 1.90 bits per heavy atom. The van der Waals surface area contributed by atoms with Crippen molar-refractivity contribution in [1.29, 1.82) is 0 Å². The summed E-state index contributed by atoms with van der Waals surface area (Å²) in [6, 6.07) is 10.6. The van der Waals surface area contributed by atoms with Gasteiger partial charge in [0.1, 0.15) is 5.82 Å². The minimum absolute atomic E-state index is 0.659. The van der Waals surface area contributed by atoms with Gasteiger partial charge in [-0.05, 0) is 31.9 Å². The average molecular weight is 272 g/mol. The van der Waals surface area contributed by atoms with Crippen molar-refractivity contribution in [1.82, 2.24) is 9.78 Å². The van der Waals surface area contributed by atoms with E-state index in [1.54, 1.807) is 0 Å². The van der Waals surface area contributed by atoms with Gasteiger partial charge in [-0.1, -0.05) is 30.3 Å². The lowest BCUT2D eigenvalue weighted by atomic mass is 10.1. The first kappa shape index (κ1) is 14.6. The fourth-order valence-electron chi connectivity index (χ4n) is 2.65. The molecule has 0 unspecified atom stereocenters. The second kappa shape index (κ2) is 6.57. The molecule has 1 aromatic heterocycles. The second-order valence-corrected chi connectivity index (χ2v) is 5.21. The van der Waals surface area contributed by atoms with E-state index in [0.717, 1.165) is 25.1 Å². The highest BCUT2D eigenvalue weighted by molar-refractivity contribution is 5.50. The molecule has 0 aliphatic rings. The number of nitrogens with zero attached hydrogens (tertiary/aromatic N) is 3. The van der Waals surface area contributed by atoms with Gasteiger partial charge in [-0.15, -0.1) is 0 Å². The number of anilines is 1. The van der Waals surface area contributed by atoms with Crippen molar-refractivity contribution in [2.75, 3.05) is 25.0 Å². The van der Waals surface area contributed by atoms with Crippen molar-refractivity contribution in [3.05, 3.63) is 47.2 Å². The summed E-state index contributed by atoms with van der Waals surface area (Å²) < 4.78 is 1.96. The maximum atomic E-state index is 5.72. The molecule has 20 heavy (non-hydrogen) atoms. The SMILES string of the molecule is Cc1nn(C)c(N(C)CCc2ccccc2)c1CCN. The molecule has 0 fully saturated rings. The van der Waals surface area contributed by atoms with E-state index in [9.17, 15) is 0 Å². The van der Waals surface area contributed by atoms with E-state index < -0.39 is 0 Å². The van der Waals surface area contributed by atoms with Crippen molar-refractivity contribution in [2.45, 2.75) is 19.8 Å². The quantitative estimate of drug-likeness (QED) is 0.874. The highest BCUT2D eigenvalue weighted by atomic mass is 15.4. The molecule has 0 amide bonds. The maximum absolute atomic E-state index is 5.72. The third-order valence-corrected chi connectivity index (χ3v) is 3.65. The molecule has 0 atom stereocenters. The van der Waals surface area contributed by atoms with Gasteiger partial charge in [0, 0.05) is 26.2 Å². The van der Waals surface area contributed by atoms with Crippen molar-refractivity contribution < 1.29 is 0 Å². The molecule has 4 heteroatoms. The summed E-state index contributed by atoms with van der Waals surface area (Å²) >= 11 is 0. The molecule has 0 saturated heterocycles. The number of aryl methyl sites for hydroxylation is 2. The Kier molecular flexibility index (Phi) is 4.79. The normalized spacial score (nSPS) is 10.8. The third kappa shape index (κ3) is 3.20. The summed E-state index contributed by atoms with van der Waals surface area (Å²) in [5.74, 6) is 1.18. The van der Waals surface area contributed by atoms with Gasteiger partial charge in [-0.3, -0.25) is 4.68 Å². The van der Waals surface area contributed by atoms with E-state index in [1.165, 1.54) is 16.9 Å². The first-order valence-corrected chi connectivity index (χ1v) is 7.11. The molecule has 0 bridgehead atoms. The van der Waals surface area contributed by atoms with Crippen LogP contribution in [0.3, 0.4) is 0 Å². The third-order valence-electron chi connectivity index (χ3n) is 3.65. The van der Waals surface area contributed by atoms with Crippen LogP contribution in [-0.2, 0) is 19.9 Å². The first-order chi connectivity index (χ1) is 9.63. The van der Waals surface area contributed by atoms with Crippen LogP contribution in [0.15, 0.2) is 30.3 Å². The van der Waals surface area contributed by atoms with Crippen LogP contribution < -0.4 is 10.6 Å². The molecule has 0 radical (unpaired) electrons. The lowest BCUT2D eigenvalue weighted by Crippen LogP contribution is -2.24. The van der Waals surface area contributed by atoms with Crippen LogP contribution in [0.2, 0.25) is 0 Å². The van der Waals surface area contributed by atoms with Gasteiger partial charge >= 0.3 is 0 Å². The van der Waals surface area contributed by atoms with Crippen molar-refractivity contribution in [3.8, 4) is 0 Å². The Labute approximate surface area is 121 Å². The van der Waals surface area contributed by atoms with Crippen LogP contribution in [0.5, 0.6) is 0 Å². The molecule has 4 nitrogen and oxygen atoms in total. The summed E-state index contributed by atoms with van der Waals surface area (Å²) in [6.07, 6.45) is 1.91. The van der Waals surface area contributed by atoms with Gasteiger partial charge in [0.15, 0.2) is 0 Å². The Morgan fingerprint density at radius 3 is 2.55 bits per heavy atom. The number of nitrogens with two attached hydrogens (primary N) is 1. The molecule has 0 aliphatic heterocycles. The Bertz CT molecular complexity index is 545. The molecular formula is C16H24N4. The van der Waals surface area contributed by atoms with Crippen molar-refractivity contribution >= 4 is 5.82 Å². The zero-order valence-electron chi connectivity index (χ0n) is 12.6. The first-order valence-electron chi connectivity index (χ1n) is 7.11. The zero-order valence-corrected chi connectivity index (χ0v) is 12.6. The van der Waals surface area contributed by atoms with E-state index in [4.69, 9.17) is 5.73 Å². The van der Waals surface area contributed by atoms with Crippen LogP contribution >= 0.6 is 0 Å². The lowest BCUT2D eigenvalue weighted by molar-refractivity contribution is 0.723. The molecule has 2 aromatic rings. The van der Waals surface area contributed by atoms with Gasteiger partial charge < -0.3 is 10.6 Å². The minimum Gasteiger partial charge on any atom is -0.359 e. The summed E-state index contributed by atoms with van der Waals surface area (Å²) in [5.41, 5.74) is 9.43. The van der Waals surface area contributed by atoms with E-state index >= 15 is 0 Å². The summed E-state index contributed by atoms with van der Waals surface area (Å²) in [7, 11) is 4.13. The average Bonchev–Trinajstić information content (AvgIpc) is 2.72. The molecular weight excluding hydrogens is 248 g/mol. The molecule has 0 aliphatic carbocycles. The molecule has 1 aromatic carbocycles. The monoisotopic (exact) mass is 272 g/mol. The number of hydrogen-bond acceptors (Lipinski definition) is 3. The molecule has 2 N–H and O–H groups in total. The van der Waals surface area contributed by atoms with E-state index in [0.29, 0.717) is 6.54 Å². The fraction of sp³-hybridized carbons (Fsp3) is 0.438. The minimum atomic E-state index is 0.659. The molecule has 0 saturated carbocycles. The predicted octanol–water partition coefficient (Wildman–Crippen LogP) is 1.91. The molecule has 1 heterocycles. The number of aromatic nitrogens is 2. The second-order valence-electron chi connectivity index (χ2n) is 5.21. The van der Waals surface area contributed by atoms with E-state index in [2.05, 4.69) is 54.3 Å². The predicted molar refractivity (Wildman–Crippen MR) is 84.1 cm³/mol. The summed E-state index contributed by atoms with van der Waals surface area (Å²) in [4.78, 5) is 2.28. The maximum Gasteiger partial charge on any atom is 0.129 e. The largest absolute Gasteiger partial charge is 0.359 e. The van der Waals surface area contributed by atoms with Gasteiger partial charge in [0.05, 0.1) is 5.69 Å². The molecule has 2 rings (SSSR count). The molecule has 108 valence electrons. The number of rotatable bonds is 6. The standard InChI is InChI=1S/C16H24N4/c1-13-15(9-11-17)16(20(3)18-13)19(2)12-10-14-7-5-4-6-8-14/h4-8H,9-12,17H2,1-3H3. The highest BCUT2D eigenvalue weighted by Crippen LogP contribution is 2.22. The topological polar surface area (TPSA) is 47.1 Å². The Hall–Kier alpha value is -1.81. The number of benzene rings is 1. The number of likely N-dealkylation sites (N-methyl/N-ethyl adjacent to an activating group) is 1. The van der Waals surface area contributed by atoms with Crippen LogP contribution in [0, 0.1) is 6.92 Å². The van der Waals surface area contributed by atoms with Crippen LogP contribution in [0.1, 0.15) is 16.8 Å². The zero-order chi connectivity index (χ0) is 14.5. The van der Waals surface area contributed by atoms with E-state index in [-0.39, 0.29) is 0 Å². The summed E-state index contributed by atoms with van der Waals surface area (Å²) in [5, 5.41) is 4.53. The van der Waals surface area contributed by atoms with Gasteiger partial charge in [0.25, 0.3) is 0 Å². The smallest absolute Gasteiger partial charge is 0.129 e.